The van der Waals surface area contributed by atoms with Gasteiger partial charge in [0.25, 0.3) is 0 Å². The van der Waals surface area contributed by atoms with Gasteiger partial charge in [-0.2, -0.15) is 26.3 Å². The fraction of sp³-hybridized carbons (Fsp3) is 0.219. The van der Waals surface area contributed by atoms with Crippen molar-refractivity contribution in [2.24, 2.45) is 9.98 Å². The van der Waals surface area contributed by atoms with Crippen molar-refractivity contribution in [1.29, 1.82) is 0 Å². The van der Waals surface area contributed by atoms with Crippen LogP contribution in [0.3, 0.4) is 0 Å². The minimum atomic E-state index is -4.98. The number of hydrogen-bond donors (Lipinski definition) is 0. The van der Waals surface area contributed by atoms with Crippen LogP contribution in [0.2, 0.25) is 0 Å². The second-order valence-electron chi connectivity index (χ2n) is 10.1. The molecule has 6 nitrogen and oxygen atoms in total. The summed E-state index contributed by atoms with van der Waals surface area (Å²) in [5.41, 5.74) is -0.837. The molecule has 0 saturated heterocycles. The molecule has 0 fully saturated rings. The van der Waals surface area contributed by atoms with E-state index in [1.54, 1.807) is 0 Å². The van der Waals surface area contributed by atoms with Gasteiger partial charge in [0.05, 0.1) is 11.1 Å². The van der Waals surface area contributed by atoms with Crippen molar-refractivity contribution >= 4 is 11.8 Å². The summed E-state index contributed by atoms with van der Waals surface area (Å²) >= 11 is 0. The number of alkyl halides is 6. The van der Waals surface area contributed by atoms with Crippen molar-refractivity contribution in [2.45, 2.75) is 31.0 Å². The zero-order valence-electron chi connectivity index (χ0n) is 22.8. The molecule has 0 spiro atoms. The Kier molecular flexibility index (Phi) is 7.74. The van der Waals surface area contributed by atoms with E-state index in [9.17, 15) is 26.3 Å². The third kappa shape index (κ3) is 6.53. The minimum Gasteiger partial charge on any atom is -0.489 e. The van der Waals surface area contributed by atoms with Gasteiger partial charge in [0, 0.05) is 12.1 Å². The van der Waals surface area contributed by atoms with Crippen molar-refractivity contribution in [2.75, 3.05) is 13.2 Å². The molecular weight excluding hydrogens is 588 g/mol. The van der Waals surface area contributed by atoms with Crippen molar-refractivity contribution in [3.63, 3.8) is 0 Å². The lowest BCUT2D eigenvalue weighted by Gasteiger charge is -2.15. The van der Waals surface area contributed by atoms with Crippen LogP contribution >= 0.6 is 0 Å². The summed E-state index contributed by atoms with van der Waals surface area (Å²) in [7, 11) is 0. The topological polar surface area (TPSA) is 65.3 Å². The first-order valence-corrected chi connectivity index (χ1v) is 13.5. The van der Waals surface area contributed by atoms with Crippen LogP contribution in [0.25, 0.3) is 0 Å². The fourth-order valence-corrected chi connectivity index (χ4v) is 4.80. The molecule has 6 rings (SSSR count). The Morgan fingerprint density at radius 2 is 1.09 bits per heavy atom. The number of halogens is 6. The molecule has 0 saturated carbocycles. The Labute approximate surface area is 247 Å². The van der Waals surface area contributed by atoms with E-state index < -0.39 is 30.1 Å². The molecule has 1 aromatic heterocycles. The Morgan fingerprint density at radius 3 is 1.52 bits per heavy atom. The molecule has 2 aliphatic rings. The van der Waals surface area contributed by atoms with Gasteiger partial charge < -0.3 is 14.2 Å². The normalized spacial score (nSPS) is 18.3. The van der Waals surface area contributed by atoms with Crippen LogP contribution in [0.1, 0.15) is 51.3 Å². The maximum absolute atomic E-state index is 13.4. The molecule has 0 aliphatic carbocycles. The Balaban J connectivity index is 1.34. The number of hydrogen-bond acceptors (Lipinski definition) is 6. The van der Waals surface area contributed by atoms with Gasteiger partial charge in [0.2, 0.25) is 11.8 Å². The summed E-state index contributed by atoms with van der Waals surface area (Å²) < 4.78 is 97.8. The second-order valence-corrected chi connectivity index (χ2v) is 10.1. The molecule has 0 unspecified atom stereocenters. The van der Waals surface area contributed by atoms with Crippen LogP contribution in [0.4, 0.5) is 26.3 Å². The summed E-state index contributed by atoms with van der Waals surface area (Å²) in [6, 6.07) is 22.6. The molecular formula is C32H23F6N3O3. The van der Waals surface area contributed by atoms with E-state index in [1.165, 1.54) is 12.1 Å². The molecule has 0 radical (unpaired) electrons. The fourth-order valence-electron chi connectivity index (χ4n) is 4.80. The summed E-state index contributed by atoms with van der Waals surface area (Å²) in [6.07, 6.45) is -9.96. The predicted octanol–water partition coefficient (Wildman–Crippen LogP) is 7.73. The maximum Gasteiger partial charge on any atom is 0.416 e. The molecule has 44 heavy (non-hydrogen) atoms. The third-order valence-electron chi connectivity index (χ3n) is 6.96. The van der Waals surface area contributed by atoms with Crippen molar-refractivity contribution in [3.8, 4) is 5.75 Å². The average molecular weight is 612 g/mol. The molecule has 12 heteroatoms. The molecule has 0 bridgehead atoms. The molecule has 4 aromatic rings. The monoisotopic (exact) mass is 611 g/mol. The van der Waals surface area contributed by atoms with Crippen LogP contribution in [-0.4, -0.2) is 30.0 Å². The lowest BCUT2D eigenvalue weighted by Crippen LogP contribution is -2.13. The molecule has 3 heterocycles. The quantitative estimate of drug-likeness (QED) is 0.201. The van der Waals surface area contributed by atoms with E-state index in [0.29, 0.717) is 12.1 Å². The van der Waals surface area contributed by atoms with E-state index in [0.717, 1.165) is 11.1 Å². The van der Waals surface area contributed by atoms with Gasteiger partial charge in [-0.05, 0) is 34.9 Å². The van der Waals surface area contributed by atoms with Crippen molar-refractivity contribution in [1.82, 2.24) is 4.98 Å². The van der Waals surface area contributed by atoms with E-state index >= 15 is 0 Å². The van der Waals surface area contributed by atoms with Gasteiger partial charge in [0.1, 0.15) is 49.0 Å². The summed E-state index contributed by atoms with van der Waals surface area (Å²) in [6.45, 7) is -0.0886. The molecule has 0 amide bonds. The highest BCUT2D eigenvalue weighted by atomic mass is 19.4. The zero-order valence-corrected chi connectivity index (χ0v) is 22.8. The largest absolute Gasteiger partial charge is 0.489 e. The first-order valence-electron chi connectivity index (χ1n) is 13.5. The van der Waals surface area contributed by atoms with E-state index in [4.69, 9.17) is 14.2 Å². The van der Waals surface area contributed by atoms with Gasteiger partial charge in [-0.15, -0.1) is 0 Å². The average Bonchev–Trinajstić information content (AvgIpc) is 3.71. The molecule has 0 N–H and O–H groups in total. The van der Waals surface area contributed by atoms with Gasteiger partial charge in [-0.25, -0.2) is 15.0 Å². The third-order valence-corrected chi connectivity index (χ3v) is 6.96. The van der Waals surface area contributed by atoms with E-state index in [2.05, 4.69) is 15.0 Å². The lowest BCUT2D eigenvalue weighted by molar-refractivity contribution is -0.143. The number of aromatic nitrogens is 1. The van der Waals surface area contributed by atoms with Crippen LogP contribution < -0.4 is 4.74 Å². The first kappa shape index (κ1) is 29.2. The Bertz CT molecular complexity index is 1590. The van der Waals surface area contributed by atoms with Gasteiger partial charge in [-0.3, -0.25) is 0 Å². The Morgan fingerprint density at radius 1 is 0.636 bits per heavy atom. The number of pyridine rings is 1. The smallest absolute Gasteiger partial charge is 0.416 e. The minimum absolute atomic E-state index is 0.0730. The molecule has 226 valence electrons. The number of nitrogens with zero attached hydrogens (tertiary/aromatic N) is 3. The Hall–Kier alpha value is -4.87. The highest BCUT2D eigenvalue weighted by molar-refractivity contribution is 5.98. The van der Waals surface area contributed by atoms with Crippen LogP contribution in [0, 0.1) is 0 Å². The number of rotatable bonds is 7. The summed E-state index contributed by atoms with van der Waals surface area (Å²) in [4.78, 5) is 13.9. The number of aliphatic imine (C=N–C) groups is 2. The molecule has 2 atom stereocenters. The van der Waals surface area contributed by atoms with Crippen molar-refractivity contribution in [3.05, 3.63) is 130 Å². The van der Waals surface area contributed by atoms with Gasteiger partial charge >= 0.3 is 12.4 Å². The highest BCUT2D eigenvalue weighted by Gasteiger charge is 2.37. The maximum atomic E-state index is 13.4. The molecule has 2 aliphatic heterocycles. The zero-order chi connectivity index (χ0) is 30.9. The van der Waals surface area contributed by atoms with Gasteiger partial charge in [0.15, 0.2) is 0 Å². The summed E-state index contributed by atoms with van der Waals surface area (Å²) in [5, 5.41) is 0. The van der Waals surface area contributed by atoms with Crippen LogP contribution in [0.15, 0.2) is 101 Å². The lowest BCUT2D eigenvalue weighted by atomic mass is 10.1. The predicted molar refractivity (Wildman–Crippen MR) is 148 cm³/mol. The molecule has 3 aromatic carbocycles. The number of ether oxygens (including phenoxy) is 3. The van der Waals surface area contributed by atoms with Crippen molar-refractivity contribution < 1.29 is 40.6 Å². The van der Waals surface area contributed by atoms with Crippen LogP contribution in [0.5, 0.6) is 5.75 Å². The summed E-state index contributed by atoms with van der Waals surface area (Å²) in [5.74, 6) is 0.490. The van der Waals surface area contributed by atoms with E-state index in [-0.39, 0.29) is 65.9 Å². The number of benzene rings is 3. The van der Waals surface area contributed by atoms with E-state index in [1.807, 2.05) is 60.7 Å². The van der Waals surface area contributed by atoms with Crippen LogP contribution in [-0.2, 0) is 28.4 Å². The standard InChI is InChI=1S/C32H23F6N3O3/c33-31(34,35)22-11-19(12-23(13-22)32(36,37)38)16-42-24-14-25(29-40-27(17-43-29)20-7-3-1-4-8-20)39-26(15-24)30-41-28(18-44-30)21-9-5-2-6-10-21/h1-15,27-28H,16-18H2/t27-,28-/m1/s1. The SMILES string of the molecule is FC(F)(F)c1cc(COc2cc(C3=N[C@@H](c4ccccc4)CO3)nc(C3=N[C@@H](c4ccccc4)CO3)c2)cc(C(F)(F)F)c1. The first-order chi connectivity index (χ1) is 21.0. The van der Waals surface area contributed by atoms with Gasteiger partial charge in [-0.1, -0.05) is 60.7 Å². The highest BCUT2D eigenvalue weighted by Crippen LogP contribution is 2.37. The second kappa shape index (κ2) is 11.7.